The van der Waals surface area contributed by atoms with Crippen LogP contribution < -0.4 is 14.8 Å². The number of carbonyl (C=O) groups is 1. The Morgan fingerprint density at radius 2 is 2.24 bits per heavy atom. The Morgan fingerprint density at radius 1 is 1.43 bits per heavy atom. The highest BCUT2D eigenvalue weighted by Gasteiger charge is 2.07. The molecule has 0 atom stereocenters. The Labute approximate surface area is 123 Å². The van der Waals surface area contributed by atoms with Crippen LogP contribution in [0, 0.1) is 6.92 Å². The molecule has 0 aliphatic rings. The molecule has 6 nitrogen and oxygen atoms in total. The predicted octanol–water partition coefficient (Wildman–Crippen LogP) is 0.932. The molecule has 3 rings (SSSR count). The molecule has 0 N–H and O–H groups in total. The van der Waals surface area contributed by atoms with Crippen LogP contribution in [0.1, 0.15) is 18.3 Å². The van der Waals surface area contributed by atoms with Crippen LogP contribution in [0.5, 0.6) is 5.75 Å². The number of aromatic nitrogens is 3. The van der Waals surface area contributed by atoms with Crippen LogP contribution in [0.3, 0.4) is 0 Å². The lowest BCUT2D eigenvalue weighted by atomic mass is 10.2. The van der Waals surface area contributed by atoms with Gasteiger partial charge in [0.1, 0.15) is 11.6 Å². The molecule has 2 aromatic heterocycles. The van der Waals surface area contributed by atoms with Crippen molar-refractivity contribution in [3.05, 3.63) is 50.5 Å². The van der Waals surface area contributed by atoms with Crippen molar-refractivity contribution in [3.8, 4) is 5.75 Å². The van der Waals surface area contributed by atoms with Gasteiger partial charge in [0, 0.05) is 6.92 Å². The van der Waals surface area contributed by atoms with Gasteiger partial charge in [-0.25, -0.2) is 4.98 Å². The lowest BCUT2D eigenvalue weighted by Crippen LogP contribution is -2.23. The summed E-state index contributed by atoms with van der Waals surface area (Å²) in [5.41, 5.74) is 0.570. The average molecular weight is 301 g/mol. The molecule has 2 heterocycles. The highest BCUT2D eigenvalue weighted by atomic mass is 32.1. The van der Waals surface area contributed by atoms with Crippen molar-refractivity contribution >= 4 is 28.3 Å². The molecule has 0 unspecified atom stereocenters. The van der Waals surface area contributed by atoms with Gasteiger partial charge in [0.2, 0.25) is 4.96 Å². The number of esters is 1. The van der Waals surface area contributed by atoms with E-state index in [0.29, 0.717) is 21.1 Å². The van der Waals surface area contributed by atoms with Crippen LogP contribution in [0.15, 0.2) is 29.1 Å². The van der Waals surface area contributed by atoms with Gasteiger partial charge in [-0.3, -0.25) is 9.59 Å². The smallest absolute Gasteiger partial charge is 0.308 e. The Kier molecular flexibility index (Phi) is 3.26. The van der Waals surface area contributed by atoms with E-state index in [1.807, 2.05) is 6.07 Å². The van der Waals surface area contributed by atoms with Gasteiger partial charge < -0.3 is 4.74 Å². The first kappa shape index (κ1) is 13.4. The van der Waals surface area contributed by atoms with E-state index in [2.05, 4.69) is 10.1 Å². The van der Waals surface area contributed by atoms with Crippen molar-refractivity contribution in [1.29, 1.82) is 0 Å². The third-order valence-electron chi connectivity index (χ3n) is 2.71. The summed E-state index contributed by atoms with van der Waals surface area (Å²) in [6, 6.07) is 6.97. The molecule has 1 aromatic carbocycles. The average Bonchev–Trinajstić information content (AvgIpc) is 2.89. The Bertz CT molecular complexity index is 942. The summed E-state index contributed by atoms with van der Waals surface area (Å²) in [5, 5.41) is 4.05. The number of aryl methyl sites for hydroxylation is 1. The van der Waals surface area contributed by atoms with Gasteiger partial charge in [0.15, 0.2) is 0 Å². The first-order valence-electron chi connectivity index (χ1n) is 6.19. The van der Waals surface area contributed by atoms with Gasteiger partial charge >= 0.3 is 5.97 Å². The molecule has 0 spiro atoms. The molecule has 3 aromatic rings. The molecule has 0 bridgehead atoms. The fourth-order valence-corrected chi connectivity index (χ4v) is 2.87. The van der Waals surface area contributed by atoms with Crippen LogP contribution in [-0.2, 0) is 4.79 Å². The fourth-order valence-electron chi connectivity index (χ4n) is 1.92. The third-order valence-corrected chi connectivity index (χ3v) is 3.66. The number of rotatable bonds is 2. The first-order chi connectivity index (χ1) is 10.0. The number of carbonyl (C=O) groups excluding carboxylic acids is 1. The molecule has 7 heteroatoms. The first-order valence-corrected chi connectivity index (χ1v) is 7.01. The van der Waals surface area contributed by atoms with E-state index in [-0.39, 0.29) is 11.5 Å². The zero-order chi connectivity index (χ0) is 15.0. The summed E-state index contributed by atoms with van der Waals surface area (Å²) in [7, 11) is 0. The quantitative estimate of drug-likeness (QED) is 0.520. The lowest BCUT2D eigenvalue weighted by Gasteiger charge is -2.01. The summed E-state index contributed by atoms with van der Waals surface area (Å²) in [6.45, 7) is 3.08. The lowest BCUT2D eigenvalue weighted by molar-refractivity contribution is -0.131. The van der Waals surface area contributed by atoms with E-state index in [0.717, 1.165) is 5.56 Å². The Balaban J connectivity index is 2.07. The maximum Gasteiger partial charge on any atom is 0.308 e. The van der Waals surface area contributed by atoms with Crippen molar-refractivity contribution in [2.45, 2.75) is 13.8 Å². The Morgan fingerprint density at radius 3 is 2.95 bits per heavy atom. The topological polar surface area (TPSA) is 73.6 Å². The second-order valence-electron chi connectivity index (χ2n) is 4.44. The monoisotopic (exact) mass is 301 g/mol. The van der Waals surface area contributed by atoms with Crippen LogP contribution in [-0.4, -0.2) is 20.6 Å². The number of hydrogen-bond acceptors (Lipinski definition) is 6. The van der Waals surface area contributed by atoms with E-state index in [1.165, 1.54) is 22.8 Å². The van der Waals surface area contributed by atoms with Gasteiger partial charge in [0.05, 0.1) is 4.53 Å². The molecular weight excluding hydrogens is 290 g/mol. The van der Waals surface area contributed by atoms with Crippen molar-refractivity contribution in [1.82, 2.24) is 14.6 Å². The van der Waals surface area contributed by atoms with Crippen molar-refractivity contribution in [2.75, 3.05) is 0 Å². The summed E-state index contributed by atoms with van der Waals surface area (Å²) in [4.78, 5) is 27.9. The van der Waals surface area contributed by atoms with Crippen LogP contribution in [0.4, 0.5) is 0 Å². The third kappa shape index (κ3) is 2.68. The normalized spacial score (nSPS) is 12.0. The van der Waals surface area contributed by atoms with Gasteiger partial charge in [-0.2, -0.15) is 4.52 Å². The molecule has 0 aliphatic carbocycles. The maximum absolute atomic E-state index is 12.2. The van der Waals surface area contributed by atoms with Crippen molar-refractivity contribution in [2.24, 2.45) is 0 Å². The summed E-state index contributed by atoms with van der Waals surface area (Å²) < 4.78 is 6.84. The number of fused-ring (bicyclic) bond motifs is 1. The highest BCUT2D eigenvalue weighted by Crippen LogP contribution is 2.14. The second-order valence-corrected chi connectivity index (χ2v) is 5.44. The molecule has 106 valence electrons. The van der Waals surface area contributed by atoms with E-state index in [1.54, 1.807) is 31.2 Å². The zero-order valence-corrected chi connectivity index (χ0v) is 12.2. The van der Waals surface area contributed by atoms with E-state index in [4.69, 9.17) is 4.74 Å². The standard InChI is InChI=1S/C14H11N3O3S/c1-8-15-14-17(16-8)13(19)12(21-14)7-10-4-3-5-11(6-10)20-9(2)18/h3-7H,1-2H3/b12-7-. The minimum absolute atomic E-state index is 0.200. The fraction of sp³-hybridized carbons (Fsp3) is 0.143. The maximum atomic E-state index is 12.2. The largest absolute Gasteiger partial charge is 0.427 e. The molecular formula is C14H11N3O3S. The van der Waals surface area contributed by atoms with Crippen LogP contribution in [0.25, 0.3) is 11.0 Å². The number of hydrogen-bond donors (Lipinski definition) is 0. The highest BCUT2D eigenvalue weighted by molar-refractivity contribution is 7.15. The van der Waals surface area contributed by atoms with E-state index in [9.17, 15) is 9.59 Å². The van der Waals surface area contributed by atoms with Gasteiger partial charge in [-0.05, 0) is 30.7 Å². The van der Waals surface area contributed by atoms with Crippen molar-refractivity contribution in [3.63, 3.8) is 0 Å². The van der Waals surface area contributed by atoms with Gasteiger partial charge in [-0.15, -0.1) is 5.10 Å². The molecule has 0 radical (unpaired) electrons. The molecule has 0 saturated heterocycles. The van der Waals surface area contributed by atoms with Gasteiger partial charge in [-0.1, -0.05) is 23.5 Å². The number of thiazole rings is 1. The minimum Gasteiger partial charge on any atom is -0.427 e. The van der Waals surface area contributed by atoms with E-state index < -0.39 is 0 Å². The molecule has 0 saturated carbocycles. The molecule has 0 aliphatic heterocycles. The molecule has 0 amide bonds. The summed E-state index contributed by atoms with van der Waals surface area (Å²) in [6.07, 6.45) is 1.73. The van der Waals surface area contributed by atoms with Crippen LogP contribution in [0.2, 0.25) is 0 Å². The molecule has 0 fully saturated rings. The number of nitrogens with zero attached hydrogens (tertiary/aromatic N) is 3. The SMILES string of the molecule is CC(=O)Oc1cccc(/C=c2\sc3nc(C)nn3c2=O)c1. The Hall–Kier alpha value is -2.54. The van der Waals surface area contributed by atoms with E-state index >= 15 is 0 Å². The second kappa shape index (κ2) is 5.10. The summed E-state index contributed by atoms with van der Waals surface area (Å²) >= 11 is 1.27. The minimum atomic E-state index is -0.383. The number of benzene rings is 1. The predicted molar refractivity (Wildman–Crippen MR) is 78.4 cm³/mol. The zero-order valence-electron chi connectivity index (χ0n) is 11.4. The summed E-state index contributed by atoms with van der Waals surface area (Å²) in [5.74, 6) is 0.631. The van der Waals surface area contributed by atoms with Gasteiger partial charge in [0.25, 0.3) is 5.56 Å². The van der Waals surface area contributed by atoms with Crippen LogP contribution >= 0.6 is 11.3 Å². The molecule has 21 heavy (non-hydrogen) atoms. The number of ether oxygens (including phenoxy) is 1. The van der Waals surface area contributed by atoms with Crippen molar-refractivity contribution < 1.29 is 9.53 Å².